The van der Waals surface area contributed by atoms with Gasteiger partial charge in [-0.15, -0.1) is 0 Å². The molecule has 0 aliphatic carbocycles. The van der Waals surface area contributed by atoms with E-state index in [0.29, 0.717) is 17.0 Å². The first kappa shape index (κ1) is 18.9. The maximum absolute atomic E-state index is 12.8. The number of thioether (sulfide) groups is 1. The van der Waals surface area contributed by atoms with E-state index >= 15 is 0 Å². The van der Waals surface area contributed by atoms with Crippen LogP contribution < -0.4 is 5.32 Å². The third-order valence-corrected chi connectivity index (χ3v) is 5.71. The molecule has 4 nitrogen and oxygen atoms in total. The predicted octanol–water partition coefficient (Wildman–Crippen LogP) is 5.23. The Bertz CT molecular complexity index is 1040. The van der Waals surface area contributed by atoms with Gasteiger partial charge in [-0.3, -0.25) is 4.79 Å². The molecule has 3 aromatic rings. The van der Waals surface area contributed by atoms with Crippen molar-refractivity contribution >= 4 is 34.1 Å². The minimum absolute atomic E-state index is 0.0809. The number of rotatable bonds is 5. The molecule has 27 heavy (non-hydrogen) atoms. The zero-order valence-electron chi connectivity index (χ0n) is 15.6. The first-order chi connectivity index (χ1) is 13.0. The molecule has 1 atom stereocenters. The standard InChI is InChI=1S/C22H21N3OS/c1-4-20(27-22-19(13-23)14(2)11-15(3)24-22)21(26)25-18-10-9-16-7-5-6-8-17(16)12-18/h5-12,20H,4H2,1-3H3,(H,25,26). The summed E-state index contributed by atoms with van der Waals surface area (Å²) in [5.74, 6) is -0.0809. The van der Waals surface area contributed by atoms with Gasteiger partial charge in [-0.1, -0.05) is 49.0 Å². The Morgan fingerprint density at radius 3 is 2.63 bits per heavy atom. The molecule has 0 saturated heterocycles. The summed E-state index contributed by atoms with van der Waals surface area (Å²) in [5.41, 5.74) is 3.05. The van der Waals surface area contributed by atoms with Crippen molar-refractivity contribution in [2.24, 2.45) is 0 Å². The molecular weight excluding hydrogens is 354 g/mol. The van der Waals surface area contributed by atoms with Crippen molar-refractivity contribution < 1.29 is 4.79 Å². The van der Waals surface area contributed by atoms with Crippen LogP contribution in [0, 0.1) is 25.2 Å². The van der Waals surface area contributed by atoms with Gasteiger partial charge >= 0.3 is 0 Å². The molecule has 3 rings (SSSR count). The van der Waals surface area contributed by atoms with E-state index in [-0.39, 0.29) is 11.2 Å². The highest BCUT2D eigenvalue weighted by molar-refractivity contribution is 8.00. The fourth-order valence-corrected chi connectivity index (χ4v) is 4.09. The summed E-state index contributed by atoms with van der Waals surface area (Å²) >= 11 is 1.35. The number of nitriles is 1. The third kappa shape index (κ3) is 4.29. The summed E-state index contributed by atoms with van der Waals surface area (Å²) in [6.07, 6.45) is 0.642. The Balaban J connectivity index is 1.81. The summed E-state index contributed by atoms with van der Waals surface area (Å²) in [5, 5.41) is 15.0. The molecule has 0 saturated carbocycles. The highest BCUT2D eigenvalue weighted by Gasteiger charge is 2.21. The lowest BCUT2D eigenvalue weighted by molar-refractivity contribution is -0.115. The average Bonchev–Trinajstić information content (AvgIpc) is 2.65. The second-order valence-corrected chi connectivity index (χ2v) is 7.63. The number of benzene rings is 2. The fraction of sp³-hybridized carbons (Fsp3) is 0.227. The van der Waals surface area contributed by atoms with Crippen molar-refractivity contribution in [1.29, 1.82) is 5.26 Å². The Morgan fingerprint density at radius 1 is 1.19 bits per heavy atom. The average molecular weight is 375 g/mol. The number of pyridine rings is 1. The summed E-state index contributed by atoms with van der Waals surface area (Å²) in [6.45, 7) is 5.76. The monoisotopic (exact) mass is 375 g/mol. The Morgan fingerprint density at radius 2 is 1.93 bits per heavy atom. The first-order valence-electron chi connectivity index (χ1n) is 8.86. The minimum Gasteiger partial charge on any atom is -0.325 e. The number of nitrogens with one attached hydrogen (secondary N) is 1. The molecule has 0 radical (unpaired) electrons. The molecular formula is C22H21N3OS. The van der Waals surface area contributed by atoms with Crippen molar-refractivity contribution in [2.45, 2.75) is 37.5 Å². The SMILES string of the molecule is CCC(Sc1nc(C)cc(C)c1C#N)C(=O)Nc1ccc2ccccc2c1. The topological polar surface area (TPSA) is 65.8 Å². The van der Waals surface area contributed by atoms with E-state index < -0.39 is 0 Å². The second kappa shape index (κ2) is 8.24. The molecule has 0 bridgehead atoms. The van der Waals surface area contributed by atoms with Crippen molar-refractivity contribution in [2.75, 3.05) is 5.32 Å². The van der Waals surface area contributed by atoms with E-state index in [1.165, 1.54) is 11.8 Å². The van der Waals surface area contributed by atoms with Crippen molar-refractivity contribution in [3.05, 3.63) is 65.4 Å². The van der Waals surface area contributed by atoms with E-state index in [1.54, 1.807) is 0 Å². The number of amides is 1. The molecule has 1 heterocycles. The number of carbonyl (C=O) groups excluding carboxylic acids is 1. The van der Waals surface area contributed by atoms with Crippen LogP contribution in [0.25, 0.3) is 10.8 Å². The van der Waals surface area contributed by atoms with Gasteiger partial charge in [0.2, 0.25) is 5.91 Å². The molecule has 0 fully saturated rings. The third-order valence-electron chi connectivity index (χ3n) is 4.36. The van der Waals surface area contributed by atoms with Gasteiger partial charge in [0, 0.05) is 11.4 Å². The zero-order chi connectivity index (χ0) is 19.4. The number of carbonyl (C=O) groups is 1. The predicted molar refractivity (Wildman–Crippen MR) is 111 cm³/mol. The van der Waals surface area contributed by atoms with Gasteiger partial charge in [0.1, 0.15) is 11.1 Å². The van der Waals surface area contributed by atoms with E-state index in [1.807, 2.05) is 69.3 Å². The summed E-state index contributed by atoms with van der Waals surface area (Å²) in [4.78, 5) is 17.3. The summed E-state index contributed by atoms with van der Waals surface area (Å²) in [7, 11) is 0. The summed E-state index contributed by atoms with van der Waals surface area (Å²) in [6, 6.07) is 18.0. The number of aryl methyl sites for hydroxylation is 2. The normalized spacial score (nSPS) is 11.8. The molecule has 0 aliphatic heterocycles. The van der Waals surface area contributed by atoms with Crippen LogP contribution in [0.5, 0.6) is 0 Å². The molecule has 2 aromatic carbocycles. The van der Waals surface area contributed by atoms with Gasteiger partial charge < -0.3 is 5.32 Å². The number of nitrogens with zero attached hydrogens (tertiary/aromatic N) is 2. The number of fused-ring (bicyclic) bond motifs is 1. The van der Waals surface area contributed by atoms with Crippen molar-refractivity contribution in [3.8, 4) is 6.07 Å². The van der Waals surface area contributed by atoms with Crippen LogP contribution in [0.4, 0.5) is 5.69 Å². The van der Waals surface area contributed by atoms with Gasteiger partial charge in [0.25, 0.3) is 0 Å². The lowest BCUT2D eigenvalue weighted by Crippen LogP contribution is -2.24. The zero-order valence-corrected chi connectivity index (χ0v) is 16.4. The number of anilines is 1. The largest absolute Gasteiger partial charge is 0.325 e. The lowest BCUT2D eigenvalue weighted by Gasteiger charge is -2.16. The van der Waals surface area contributed by atoms with E-state index in [0.717, 1.165) is 27.7 Å². The van der Waals surface area contributed by atoms with Crippen LogP contribution in [0.2, 0.25) is 0 Å². The first-order valence-corrected chi connectivity index (χ1v) is 9.74. The van der Waals surface area contributed by atoms with Crippen LogP contribution in [0.1, 0.15) is 30.2 Å². The summed E-state index contributed by atoms with van der Waals surface area (Å²) < 4.78 is 0. The minimum atomic E-state index is -0.322. The fourth-order valence-electron chi connectivity index (χ4n) is 2.97. The molecule has 1 N–H and O–H groups in total. The number of hydrogen-bond acceptors (Lipinski definition) is 4. The van der Waals surface area contributed by atoms with Gasteiger partial charge in [0.05, 0.1) is 10.8 Å². The van der Waals surface area contributed by atoms with Crippen LogP contribution >= 0.6 is 11.8 Å². The van der Waals surface area contributed by atoms with Crippen LogP contribution in [0.3, 0.4) is 0 Å². The maximum atomic E-state index is 12.8. The Labute approximate surface area is 163 Å². The van der Waals surface area contributed by atoms with Crippen molar-refractivity contribution in [3.63, 3.8) is 0 Å². The molecule has 136 valence electrons. The lowest BCUT2D eigenvalue weighted by atomic mass is 10.1. The van der Waals surface area contributed by atoms with Crippen LogP contribution in [0.15, 0.2) is 53.6 Å². The highest BCUT2D eigenvalue weighted by atomic mass is 32.2. The van der Waals surface area contributed by atoms with Gasteiger partial charge in [-0.05, 0) is 54.8 Å². The Kier molecular flexibility index (Phi) is 5.78. The quantitative estimate of drug-likeness (QED) is 0.620. The number of hydrogen-bond donors (Lipinski definition) is 1. The molecule has 0 spiro atoms. The number of aromatic nitrogens is 1. The molecule has 0 aliphatic rings. The molecule has 1 unspecified atom stereocenters. The Hall–Kier alpha value is -2.84. The maximum Gasteiger partial charge on any atom is 0.237 e. The van der Waals surface area contributed by atoms with E-state index in [2.05, 4.69) is 16.4 Å². The molecule has 5 heteroatoms. The van der Waals surface area contributed by atoms with Crippen molar-refractivity contribution in [1.82, 2.24) is 4.98 Å². The highest BCUT2D eigenvalue weighted by Crippen LogP contribution is 2.30. The smallest absolute Gasteiger partial charge is 0.237 e. The van der Waals surface area contributed by atoms with Crippen LogP contribution in [-0.4, -0.2) is 16.1 Å². The van der Waals surface area contributed by atoms with Crippen LogP contribution in [-0.2, 0) is 4.79 Å². The molecule has 1 aromatic heterocycles. The van der Waals surface area contributed by atoms with Gasteiger partial charge in [-0.2, -0.15) is 5.26 Å². The molecule has 1 amide bonds. The second-order valence-electron chi connectivity index (χ2n) is 6.44. The van der Waals surface area contributed by atoms with Gasteiger partial charge in [-0.25, -0.2) is 4.98 Å². The van der Waals surface area contributed by atoms with Gasteiger partial charge in [0.15, 0.2) is 0 Å². The van der Waals surface area contributed by atoms with E-state index in [9.17, 15) is 10.1 Å². The van der Waals surface area contributed by atoms with E-state index in [4.69, 9.17) is 0 Å².